The first kappa shape index (κ1) is 21.8. The maximum Gasteiger partial charge on any atom is 0.191 e. The van der Waals surface area contributed by atoms with Gasteiger partial charge in [-0.15, -0.1) is 0 Å². The molecule has 2 atom stereocenters. The summed E-state index contributed by atoms with van der Waals surface area (Å²) in [5, 5.41) is 7.49. The molecule has 1 aliphatic heterocycles. The van der Waals surface area contributed by atoms with Gasteiger partial charge in [-0.05, 0) is 59.8 Å². The number of likely N-dealkylation sites (tertiary alicyclic amines) is 1. The van der Waals surface area contributed by atoms with E-state index in [-0.39, 0.29) is 0 Å². The Kier molecular flexibility index (Phi) is 8.01. The molecule has 1 spiro atoms. The third-order valence-corrected chi connectivity index (χ3v) is 6.85. The van der Waals surface area contributed by atoms with E-state index in [4.69, 9.17) is 14.5 Å². The van der Waals surface area contributed by atoms with Crippen molar-refractivity contribution in [1.82, 2.24) is 15.5 Å². The molecule has 6 nitrogen and oxygen atoms in total. The summed E-state index contributed by atoms with van der Waals surface area (Å²) < 4.78 is 11.7. The Morgan fingerprint density at radius 3 is 2.50 bits per heavy atom. The molecule has 28 heavy (non-hydrogen) atoms. The largest absolute Gasteiger partial charge is 0.378 e. The van der Waals surface area contributed by atoms with Crippen LogP contribution in [0.5, 0.6) is 0 Å². The van der Waals surface area contributed by atoms with E-state index in [2.05, 4.69) is 43.2 Å². The number of nitrogens with zero attached hydrogens (tertiary/aromatic N) is 2. The van der Waals surface area contributed by atoms with Crippen molar-refractivity contribution in [1.29, 1.82) is 0 Å². The van der Waals surface area contributed by atoms with Gasteiger partial charge in [0.15, 0.2) is 5.96 Å². The van der Waals surface area contributed by atoms with Crippen LogP contribution in [0.3, 0.4) is 0 Å². The fraction of sp³-hybridized carbons (Fsp3) is 0.955. The van der Waals surface area contributed by atoms with Crippen LogP contribution in [0.1, 0.15) is 66.2 Å². The van der Waals surface area contributed by atoms with Crippen LogP contribution in [0.15, 0.2) is 4.99 Å². The van der Waals surface area contributed by atoms with Gasteiger partial charge in [0.2, 0.25) is 0 Å². The number of hydrogen-bond donors (Lipinski definition) is 2. The highest BCUT2D eigenvalue weighted by Crippen LogP contribution is 2.57. The summed E-state index contributed by atoms with van der Waals surface area (Å²) in [6.07, 6.45) is 8.17. The summed E-state index contributed by atoms with van der Waals surface area (Å²) in [5.74, 6) is 1.01. The average Bonchev–Trinajstić information content (AvgIpc) is 2.60. The van der Waals surface area contributed by atoms with E-state index in [1.165, 1.54) is 32.1 Å². The van der Waals surface area contributed by atoms with Gasteiger partial charge in [-0.3, -0.25) is 4.99 Å². The molecule has 2 unspecified atom stereocenters. The standard InChI is InChI=1S/C22H42N4O2/c1-5-23-21(25-19-16-20(27-6-2)22(19)10-7-11-22)24-18-8-12-26(13-9-18)14-15-28-17(3)4/h17-20H,5-16H2,1-4H3,(H2,23,24,25). The normalized spacial score (nSPS) is 28.2. The molecule has 2 N–H and O–H groups in total. The van der Waals surface area contributed by atoms with Crippen molar-refractivity contribution < 1.29 is 9.47 Å². The third kappa shape index (κ3) is 5.19. The predicted octanol–water partition coefficient (Wildman–Crippen LogP) is 2.78. The molecule has 0 bridgehead atoms. The lowest BCUT2D eigenvalue weighted by molar-refractivity contribution is -0.168. The number of nitrogens with one attached hydrogen (secondary N) is 2. The quantitative estimate of drug-likeness (QED) is 0.465. The van der Waals surface area contributed by atoms with Gasteiger partial charge in [0.05, 0.1) is 18.8 Å². The fourth-order valence-corrected chi connectivity index (χ4v) is 5.01. The van der Waals surface area contributed by atoms with Crippen molar-refractivity contribution in [3.05, 3.63) is 0 Å². The van der Waals surface area contributed by atoms with Crippen molar-refractivity contribution in [2.24, 2.45) is 10.4 Å². The molecule has 6 heteroatoms. The smallest absolute Gasteiger partial charge is 0.191 e. The topological polar surface area (TPSA) is 58.1 Å². The third-order valence-electron chi connectivity index (χ3n) is 6.85. The molecule has 0 amide bonds. The molecule has 0 radical (unpaired) electrons. The second-order valence-electron chi connectivity index (χ2n) is 8.97. The minimum absolute atomic E-state index is 0.325. The zero-order valence-corrected chi connectivity index (χ0v) is 18.5. The monoisotopic (exact) mass is 394 g/mol. The van der Waals surface area contributed by atoms with E-state index in [1.54, 1.807) is 0 Å². The summed E-state index contributed by atoms with van der Waals surface area (Å²) in [7, 11) is 0. The summed E-state index contributed by atoms with van der Waals surface area (Å²) in [6, 6.07) is 1.03. The van der Waals surface area contributed by atoms with Gasteiger partial charge < -0.3 is 25.0 Å². The first-order chi connectivity index (χ1) is 13.6. The van der Waals surface area contributed by atoms with Crippen LogP contribution in [-0.2, 0) is 9.47 Å². The van der Waals surface area contributed by atoms with Crippen molar-refractivity contribution >= 4 is 5.96 Å². The van der Waals surface area contributed by atoms with Crippen LogP contribution in [0.25, 0.3) is 0 Å². The van der Waals surface area contributed by atoms with Gasteiger partial charge in [-0.25, -0.2) is 0 Å². The Hall–Kier alpha value is -0.850. The molecule has 3 aliphatic rings. The Labute approximate surface area is 171 Å². The summed E-state index contributed by atoms with van der Waals surface area (Å²) in [4.78, 5) is 7.26. The average molecular weight is 395 g/mol. The van der Waals surface area contributed by atoms with Gasteiger partial charge in [0.1, 0.15) is 0 Å². The molecule has 0 aromatic carbocycles. The fourth-order valence-electron chi connectivity index (χ4n) is 5.01. The molecule has 2 saturated carbocycles. The summed E-state index contributed by atoms with van der Waals surface area (Å²) in [6.45, 7) is 14.2. The second-order valence-corrected chi connectivity index (χ2v) is 8.97. The van der Waals surface area contributed by atoms with Crippen LogP contribution in [0.4, 0.5) is 0 Å². The number of rotatable bonds is 9. The van der Waals surface area contributed by atoms with E-state index >= 15 is 0 Å². The maximum atomic E-state index is 6.00. The van der Waals surface area contributed by atoms with E-state index in [0.717, 1.165) is 51.8 Å². The highest BCUT2D eigenvalue weighted by Gasteiger charge is 2.59. The van der Waals surface area contributed by atoms with Gasteiger partial charge in [0.25, 0.3) is 0 Å². The van der Waals surface area contributed by atoms with Crippen LogP contribution >= 0.6 is 0 Å². The van der Waals surface area contributed by atoms with Gasteiger partial charge >= 0.3 is 0 Å². The predicted molar refractivity (Wildman–Crippen MR) is 115 cm³/mol. The molecule has 162 valence electrons. The highest BCUT2D eigenvalue weighted by molar-refractivity contribution is 5.80. The maximum absolute atomic E-state index is 6.00. The minimum atomic E-state index is 0.325. The SMILES string of the molecule is CCN=C(NC1CCN(CCOC(C)C)CC1)NC1CC(OCC)C12CCC2. The van der Waals surface area contributed by atoms with Crippen molar-refractivity contribution in [2.75, 3.05) is 39.4 Å². The van der Waals surface area contributed by atoms with Gasteiger partial charge in [-0.2, -0.15) is 0 Å². The van der Waals surface area contributed by atoms with Crippen molar-refractivity contribution in [3.63, 3.8) is 0 Å². The molecular formula is C22H42N4O2. The second kappa shape index (κ2) is 10.3. The van der Waals surface area contributed by atoms with Crippen LogP contribution in [-0.4, -0.2) is 74.5 Å². The zero-order chi connectivity index (χ0) is 20.0. The number of aliphatic imine (C=N–C) groups is 1. The first-order valence-corrected chi connectivity index (χ1v) is 11.6. The van der Waals surface area contributed by atoms with Crippen LogP contribution in [0, 0.1) is 5.41 Å². The summed E-state index contributed by atoms with van der Waals surface area (Å²) in [5.41, 5.74) is 0.367. The van der Waals surface area contributed by atoms with Gasteiger partial charge in [-0.1, -0.05) is 6.42 Å². The molecule has 2 aliphatic carbocycles. The number of piperidine rings is 1. The lowest BCUT2D eigenvalue weighted by Gasteiger charge is -2.61. The van der Waals surface area contributed by atoms with E-state index in [9.17, 15) is 0 Å². The highest BCUT2D eigenvalue weighted by atomic mass is 16.5. The Balaban J connectivity index is 1.43. The molecule has 0 aromatic heterocycles. The molecule has 1 saturated heterocycles. The lowest BCUT2D eigenvalue weighted by Crippen LogP contribution is -2.69. The lowest BCUT2D eigenvalue weighted by atomic mass is 9.51. The Bertz CT molecular complexity index is 499. The number of guanidine groups is 1. The van der Waals surface area contributed by atoms with Crippen LogP contribution < -0.4 is 10.6 Å². The van der Waals surface area contributed by atoms with Crippen molar-refractivity contribution in [2.45, 2.75) is 90.5 Å². The van der Waals surface area contributed by atoms with Gasteiger partial charge in [0, 0.05) is 50.3 Å². The molecular weight excluding hydrogens is 352 g/mol. The Morgan fingerprint density at radius 2 is 1.93 bits per heavy atom. The Morgan fingerprint density at radius 1 is 1.18 bits per heavy atom. The zero-order valence-electron chi connectivity index (χ0n) is 18.5. The summed E-state index contributed by atoms with van der Waals surface area (Å²) >= 11 is 0. The molecule has 3 fully saturated rings. The van der Waals surface area contributed by atoms with E-state index < -0.39 is 0 Å². The van der Waals surface area contributed by atoms with E-state index in [0.29, 0.717) is 29.7 Å². The molecule has 0 aromatic rings. The minimum Gasteiger partial charge on any atom is -0.378 e. The number of hydrogen-bond acceptors (Lipinski definition) is 4. The van der Waals surface area contributed by atoms with Crippen molar-refractivity contribution in [3.8, 4) is 0 Å². The molecule has 3 rings (SSSR count). The van der Waals surface area contributed by atoms with Crippen LogP contribution in [0.2, 0.25) is 0 Å². The first-order valence-electron chi connectivity index (χ1n) is 11.6. The van der Waals surface area contributed by atoms with E-state index in [1.807, 2.05) is 0 Å². The molecule has 1 heterocycles. The number of ether oxygens (including phenoxy) is 2.